The maximum absolute atomic E-state index is 12.7. The van der Waals surface area contributed by atoms with Gasteiger partial charge in [0.1, 0.15) is 18.3 Å². The van der Waals surface area contributed by atoms with Crippen LogP contribution in [0.5, 0.6) is 0 Å². The zero-order valence-electron chi connectivity index (χ0n) is 13.8. The summed E-state index contributed by atoms with van der Waals surface area (Å²) < 4.78 is 29.4. The number of nitrogens with zero attached hydrogens (tertiary/aromatic N) is 1. The van der Waals surface area contributed by atoms with E-state index in [1.54, 1.807) is 39.3 Å². The van der Waals surface area contributed by atoms with Crippen LogP contribution in [-0.4, -0.2) is 53.2 Å². The Hall–Kier alpha value is -1.10. The number of anilines is 1. The lowest BCUT2D eigenvalue weighted by Crippen LogP contribution is -2.58. The monoisotopic (exact) mass is 356 g/mol. The molecule has 24 heavy (non-hydrogen) atoms. The van der Waals surface area contributed by atoms with Gasteiger partial charge >= 0.3 is 0 Å². The molecular weight excluding hydrogens is 336 g/mol. The third-order valence-electron chi connectivity index (χ3n) is 4.08. The Morgan fingerprint density at radius 3 is 2.46 bits per heavy atom. The second kappa shape index (κ2) is 5.45. The fourth-order valence-electron chi connectivity index (χ4n) is 3.29. The van der Waals surface area contributed by atoms with Crippen LogP contribution < -0.4 is 5.32 Å². The number of hydrogen-bond donors (Lipinski definition) is 1. The van der Waals surface area contributed by atoms with Crippen LogP contribution >= 0.6 is 11.3 Å². The molecule has 0 bridgehead atoms. The molecule has 1 N–H and O–H groups in total. The topological polar surface area (TPSA) is 88.1 Å². The number of aromatic nitrogens is 1. The quantitative estimate of drug-likeness (QED) is 0.858. The van der Waals surface area contributed by atoms with Gasteiger partial charge < -0.3 is 23.7 Å². The van der Waals surface area contributed by atoms with Crippen molar-refractivity contribution in [2.75, 3.05) is 5.32 Å². The summed E-state index contributed by atoms with van der Waals surface area (Å²) in [5, 5.41) is 5.03. The van der Waals surface area contributed by atoms with Crippen molar-refractivity contribution < 1.29 is 28.5 Å². The maximum atomic E-state index is 12.7. The molecule has 132 valence electrons. The molecule has 3 aliphatic rings. The summed E-state index contributed by atoms with van der Waals surface area (Å²) in [5.74, 6) is -1.98. The second-order valence-electron chi connectivity index (χ2n) is 6.92. The Morgan fingerprint density at radius 1 is 1.08 bits per heavy atom. The predicted molar refractivity (Wildman–Crippen MR) is 83.3 cm³/mol. The summed E-state index contributed by atoms with van der Waals surface area (Å²) >= 11 is 1.33. The number of fused-ring (bicyclic) bond motifs is 3. The van der Waals surface area contributed by atoms with Crippen LogP contribution in [-0.2, 0) is 28.5 Å². The Balaban J connectivity index is 1.59. The molecular formula is C15H20N2O6S. The van der Waals surface area contributed by atoms with Crippen LogP contribution in [0, 0.1) is 0 Å². The summed E-state index contributed by atoms with van der Waals surface area (Å²) in [7, 11) is 0. The van der Waals surface area contributed by atoms with E-state index in [9.17, 15) is 4.79 Å². The molecule has 0 aromatic carbocycles. The molecule has 3 aliphatic heterocycles. The van der Waals surface area contributed by atoms with Crippen molar-refractivity contribution in [2.45, 2.75) is 70.0 Å². The fourth-order valence-corrected chi connectivity index (χ4v) is 3.82. The van der Waals surface area contributed by atoms with Crippen molar-refractivity contribution in [3.63, 3.8) is 0 Å². The molecule has 3 fully saturated rings. The van der Waals surface area contributed by atoms with Crippen molar-refractivity contribution in [2.24, 2.45) is 0 Å². The number of carbonyl (C=O) groups is 1. The van der Waals surface area contributed by atoms with Gasteiger partial charge in [-0.2, -0.15) is 0 Å². The average molecular weight is 356 g/mol. The van der Waals surface area contributed by atoms with Crippen molar-refractivity contribution in [1.82, 2.24) is 4.98 Å². The van der Waals surface area contributed by atoms with Crippen LogP contribution in [0.2, 0.25) is 0 Å². The van der Waals surface area contributed by atoms with Crippen molar-refractivity contribution >= 4 is 22.4 Å². The molecule has 0 spiro atoms. The SMILES string of the molecule is CC1(C)OC2OC(C(=O)Nc3nccs3)C3OC(C)(C)OC3C2O1. The van der Waals surface area contributed by atoms with Crippen molar-refractivity contribution in [1.29, 1.82) is 0 Å². The molecule has 1 amide bonds. The first kappa shape index (κ1) is 16.4. The number of nitrogens with one attached hydrogen (secondary N) is 1. The van der Waals surface area contributed by atoms with Crippen LogP contribution in [0.4, 0.5) is 5.13 Å². The number of ether oxygens (including phenoxy) is 5. The van der Waals surface area contributed by atoms with Crippen LogP contribution in [0.1, 0.15) is 27.7 Å². The first-order valence-electron chi connectivity index (χ1n) is 7.81. The molecule has 8 nitrogen and oxygen atoms in total. The smallest absolute Gasteiger partial charge is 0.258 e. The Kier molecular flexibility index (Phi) is 3.72. The van der Waals surface area contributed by atoms with Gasteiger partial charge in [-0.1, -0.05) is 0 Å². The number of carbonyl (C=O) groups excluding carboxylic acids is 1. The Morgan fingerprint density at radius 2 is 1.75 bits per heavy atom. The lowest BCUT2D eigenvalue weighted by molar-refractivity contribution is -0.229. The van der Waals surface area contributed by atoms with Crippen molar-refractivity contribution in [3.05, 3.63) is 11.6 Å². The zero-order valence-corrected chi connectivity index (χ0v) is 14.7. The normalized spacial score (nSPS) is 39.2. The molecule has 0 saturated carbocycles. The summed E-state index contributed by atoms with van der Waals surface area (Å²) in [6.07, 6.45) is -1.43. The highest BCUT2D eigenvalue weighted by Crippen LogP contribution is 2.44. The molecule has 4 rings (SSSR count). The van der Waals surface area contributed by atoms with E-state index < -0.39 is 42.3 Å². The Bertz CT molecular complexity index is 634. The summed E-state index contributed by atoms with van der Waals surface area (Å²) in [6.45, 7) is 7.21. The van der Waals surface area contributed by atoms with Gasteiger partial charge in [0.15, 0.2) is 29.1 Å². The molecule has 1 aromatic heterocycles. The van der Waals surface area contributed by atoms with Crippen molar-refractivity contribution in [3.8, 4) is 0 Å². The van der Waals surface area contributed by atoms with E-state index in [2.05, 4.69) is 10.3 Å². The van der Waals surface area contributed by atoms with E-state index >= 15 is 0 Å². The largest absolute Gasteiger partial charge is 0.342 e. The molecule has 3 saturated heterocycles. The predicted octanol–water partition coefficient (Wildman–Crippen LogP) is 1.48. The van der Waals surface area contributed by atoms with Crippen LogP contribution in [0.3, 0.4) is 0 Å². The van der Waals surface area contributed by atoms with E-state index in [1.165, 1.54) is 11.3 Å². The first-order valence-corrected chi connectivity index (χ1v) is 8.69. The molecule has 5 atom stereocenters. The molecule has 1 aromatic rings. The maximum Gasteiger partial charge on any atom is 0.258 e. The van der Waals surface area contributed by atoms with Crippen LogP contribution in [0.25, 0.3) is 0 Å². The average Bonchev–Trinajstić information content (AvgIpc) is 3.13. The van der Waals surface area contributed by atoms with Gasteiger partial charge in [-0.15, -0.1) is 11.3 Å². The first-order chi connectivity index (χ1) is 11.2. The summed E-state index contributed by atoms with van der Waals surface area (Å²) in [6, 6.07) is 0. The summed E-state index contributed by atoms with van der Waals surface area (Å²) in [5.41, 5.74) is 0. The second-order valence-corrected chi connectivity index (χ2v) is 7.81. The van der Waals surface area contributed by atoms with E-state index in [-0.39, 0.29) is 5.91 Å². The lowest BCUT2D eigenvalue weighted by atomic mass is 9.98. The van der Waals surface area contributed by atoms with E-state index in [1.807, 2.05) is 0 Å². The minimum absolute atomic E-state index is 0.340. The van der Waals surface area contributed by atoms with Gasteiger partial charge in [0, 0.05) is 11.6 Å². The minimum Gasteiger partial charge on any atom is -0.342 e. The molecule has 0 aliphatic carbocycles. The third-order valence-corrected chi connectivity index (χ3v) is 4.76. The number of thiazole rings is 1. The lowest BCUT2D eigenvalue weighted by Gasteiger charge is -2.36. The van der Waals surface area contributed by atoms with Gasteiger partial charge in [-0.3, -0.25) is 10.1 Å². The molecule has 9 heteroatoms. The standard InChI is InChI=1S/C15H20N2O6S/c1-14(2)20-7-8(21-14)10-12(23-15(3,4)22-10)19-9(7)11(18)17-13-16-5-6-24-13/h5-10,12H,1-4H3,(H,16,17,18). The van der Waals surface area contributed by atoms with Gasteiger partial charge in [-0.25, -0.2) is 4.98 Å². The van der Waals surface area contributed by atoms with Gasteiger partial charge in [0.05, 0.1) is 0 Å². The minimum atomic E-state index is -0.876. The third kappa shape index (κ3) is 2.85. The van der Waals surface area contributed by atoms with E-state index in [4.69, 9.17) is 23.7 Å². The molecule has 5 unspecified atom stereocenters. The van der Waals surface area contributed by atoms with Gasteiger partial charge in [-0.05, 0) is 27.7 Å². The fraction of sp³-hybridized carbons (Fsp3) is 0.733. The summed E-state index contributed by atoms with van der Waals surface area (Å²) in [4.78, 5) is 16.7. The highest BCUT2D eigenvalue weighted by molar-refractivity contribution is 7.13. The highest BCUT2D eigenvalue weighted by atomic mass is 32.1. The number of amides is 1. The number of hydrogen-bond acceptors (Lipinski definition) is 8. The van der Waals surface area contributed by atoms with E-state index in [0.29, 0.717) is 5.13 Å². The Labute approximate surface area is 143 Å². The van der Waals surface area contributed by atoms with E-state index in [0.717, 1.165) is 0 Å². The molecule has 4 heterocycles. The van der Waals surface area contributed by atoms with Crippen LogP contribution in [0.15, 0.2) is 11.6 Å². The molecule has 0 radical (unpaired) electrons. The van der Waals surface area contributed by atoms with Gasteiger partial charge in [0.25, 0.3) is 5.91 Å². The zero-order chi connectivity index (χ0) is 17.1. The van der Waals surface area contributed by atoms with Gasteiger partial charge in [0.2, 0.25) is 0 Å². The number of rotatable bonds is 2. The highest BCUT2D eigenvalue weighted by Gasteiger charge is 2.62.